The molecule has 0 spiro atoms. The molecule has 0 atom stereocenters. The molecule has 0 saturated heterocycles. The molecule has 0 saturated carbocycles. The molecule has 0 aliphatic carbocycles. The minimum atomic E-state index is -6.30. The molecule has 0 radical (unpaired) electrons. The van der Waals surface area contributed by atoms with Crippen molar-refractivity contribution in [2.75, 3.05) is 19.0 Å². The normalized spacial score (nSPS) is 11.5. The van der Waals surface area contributed by atoms with E-state index in [1.807, 2.05) is 74.8 Å². The lowest BCUT2D eigenvalue weighted by atomic mass is 9.79. The first-order chi connectivity index (χ1) is 18.3. The summed E-state index contributed by atoms with van der Waals surface area (Å²) >= 11 is 0. The summed E-state index contributed by atoms with van der Waals surface area (Å²) in [6, 6.07) is 27.9. The maximum absolute atomic E-state index is 14.0. The summed E-state index contributed by atoms with van der Waals surface area (Å²) in [5.74, 6) is -13.0. The Kier molecular flexibility index (Phi) is 9.21. The van der Waals surface area contributed by atoms with Gasteiger partial charge in [-0.1, -0.05) is 52.7 Å². The maximum Gasteiger partial charge on any atom is 0.515 e. The molecule has 12 heteroatoms. The SMILES string of the molecule is CN(C)c1ccc(C[S+](=O)(c2ccccc2)c2ccccc2)cc1.Fc1c(F)c(F)c([B-](F)(F)F)c(F)c1F. The molecule has 39 heavy (non-hydrogen) atoms. The lowest BCUT2D eigenvalue weighted by Crippen LogP contribution is -2.41. The predicted molar refractivity (Wildman–Crippen MR) is 137 cm³/mol. The lowest BCUT2D eigenvalue weighted by Gasteiger charge is -2.17. The van der Waals surface area contributed by atoms with Gasteiger partial charge in [-0.25, -0.2) is 22.0 Å². The third kappa shape index (κ3) is 6.68. The predicted octanol–water partition coefficient (Wildman–Crippen LogP) is 7.31. The van der Waals surface area contributed by atoms with Crippen LogP contribution in [-0.4, -0.2) is 21.1 Å². The van der Waals surface area contributed by atoms with E-state index in [9.17, 15) is 39.1 Å². The van der Waals surface area contributed by atoms with Crippen molar-refractivity contribution in [2.45, 2.75) is 15.5 Å². The van der Waals surface area contributed by atoms with Gasteiger partial charge in [0.2, 0.25) is 0 Å². The van der Waals surface area contributed by atoms with E-state index < -0.39 is 51.5 Å². The molecule has 206 valence electrons. The lowest BCUT2D eigenvalue weighted by molar-refractivity contribution is 0.377. The molecule has 0 aliphatic rings. The summed E-state index contributed by atoms with van der Waals surface area (Å²) in [6.07, 6.45) is 0. The summed E-state index contributed by atoms with van der Waals surface area (Å²) in [5, 5.41) is 0. The second-order valence-corrected chi connectivity index (χ2v) is 11.1. The second kappa shape index (κ2) is 12.0. The molecule has 0 fully saturated rings. The summed E-state index contributed by atoms with van der Waals surface area (Å²) in [4.78, 5) is 3.83. The van der Waals surface area contributed by atoms with Crippen molar-refractivity contribution < 1.29 is 39.1 Å². The fourth-order valence-electron chi connectivity index (χ4n) is 3.62. The highest BCUT2D eigenvalue weighted by Crippen LogP contribution is 2.32. The third-order valence-electron chi connectivity index (χ3n) is 5.64. The molecule has 4 rings (SSSR count). The van der Waals surface area contributed by atoms with Gasteiger partial charge in [0, 0.05) is 25.3 Å². The smallest absolute Gasteiger partial charge is 0.445 e. The van der Waals surface area contributed by atoms with Gasteiger partial charge < -0.3 is 17.8 Å². The molecule has 2 nitrogen and oxygen atoms in total. The number of hydrogen-bond donors (Lipinski definition) is 0. The average Bonchev–Trinajstić information content (AvgIpc) is 2.91. The van der Waals surface area contributed by atoms with Crippen LogP contribution in [0, 0.1) is 29.1 Å². The molecule has 0 aliphatic heterocycles. The first kappa shape index (κ1) is 29.9. The van der Waals surface area contributed by atoms with Crippen molar-refractivity contribution in [2.24, 2.45) is 0 Å². The highest BCUT2D eigenvalue weighted by Gasteiger charge is 2.38. The van der Waals surface area contributed by atoms with Gasteiger partial charge >= 0.3 is 6.98 Å². The molecule has 0 heterocycles. The van der Waals surface area contributed by atoms with Gasteiger partial charge in [-0.05, 0) is 41.9 Å². The molecule has 4 aromatic rings. The van der Waals surface area contributed by atoms with E-state index in [1.165, 1.54) is 0 Å². The Labute approximate surface area is 221 Å². The van der Waals surface area contributed by atoms with Crippen LogP contribution in [0.3, 0.4) is 0 Å². The topological polar surface area (TPSA) is 20.3 Å². The van der Waals surface area contributed by atoms with E-state index in [0.717, 1.165) is 21.0 Å². The minimum Gasteiger partial charge on any atom is -0.445 e. The summed E-state index contributed by atoms with van der Waals surface area (Å²) in [6.45, 7) is -6.30. The fourth-order valence-corrected chi connectivity index (χ4v) is 6.08. The van der Waals surface area contributed by atoms with Gasteiger partial charge in [0.1, 0.15) is 17.4 Å². The van der Waals surface area contributed by atoms with Gasteiger partial charge in [0.15, 0.2) is 37.2 Å². The summed E-state index contributed by atoms with van der Waals surface area (Å²) in [7, 11) is 1.69. The van der Waals surface area contributed by atoms with Crippen molar-refractivity contribution >= 4 is 28.1 Å². The molecule has 0 N–H and O–H groups in total. The Hall–Kier alpha value is -3.67. The van der Waals surface area contributed by atoms with Crippen LogP contribution in [0.2, 0.25) is 0 Å². The van der Waals surface area contributed by atoms with Gasteiger partial charge in [-0.2, -0.15) is 0 Å². The van der Waals surface area contributed by atoms with Crippen LogP contribution in [0.1, 0.15) is 5.56 Å². The fraction of sp³-hybridized carbons (Fsp3) is 0.111. The Balaban J connectivity index is 0.000000242. The van der Waals surface area contributed by atoms with Gasteiger partial charge in [0.05, 0.1) is 0 Å². The van der Waals surface area contributed by atoms with E-state index in [4.69, 9.17) is 0 Å². The van der Waals surface area contributed by atoms with Crippen molar-refractivity contribution in [3.8, 4) is 0 Å². The number of nitrogens with zero attached hydrogens (tertiary/aromatic N) is 1. The number of anilines is 1. The van der Waals surface area contributed by atoms with E-state index in [2.05, 4.69) is 29.2 Å². The average molecular weight is 571 g/mol. The van der Waals surface area contributed by atoms with Crippen LogP contribution in [-0.2, 0) is 19.9 Å². The Morgan fingerprint density at radius 1 is 0.615 bits per heavy atom. The van der Waals surface area contributed by atoms with Crippen LogP contribution >= 0.6 is 0 Å². The van der Waals surface area contributed by atoms with E-state index in [1.54, 1.807) is 0 Å². The van der Waals surface area contributed by atoms with Gasteiger partial charge in [-0.15, -0.1) is 0 Å². The van der Waals surface area contributed by atoms with E-state index >= 15 is 0 Å². The standard InChI is InChI=1S/C21H22NOS.C6BF8/c1-22(2)19-15-13-18(14-16-19)17-24(23,20-9-5-3-6-10-20)21-11-7-4-8-12-21;8-2-1(7(13,14)15)3(9)5(11)6(12)4(2)10/h3-16H,17H2,1-2H3;/q+1;-1. The zero-order chi connectivity index (χ0) is 29.0. The monoisotopic (exact) mass is 571 g/mol. The van der Waals surface area contributed by atoms with Gasteiger partial charge in [0.25, 0.3) is 0 Å². The van der Waals surface area contributed by atoms with Crippen LogP contribution in [0.5, 0.6) is 0 Å². The quantitative estimate of drug-likeness (QED) is 0.0796. The molecular formula is C27H22BF8NOS. The molecule has 0 unspecified atom stereocenters. The highest BCUT2D eigenvalue weighted by atomic mass is 32.2. The minimum absolute atomic E-state index is 0.509. The van der Waals surface area contributed by atoms with Crippen molar-refractivity contribution in [1.29, 1.82) is 0 Å². The molecule has 0 bridgehead atoms. The second-order valence-electron chi connectivity index (χ2n) is 8.56. The van der Waals surface area contributed by atoms with Crippen LogP contribution in [0.25, 0.3) is 0 Å². The molecule has 0 aromatic heterocycles. The largest absolute Gasteiger partial charge is 0.515 e. The third-order valence-corrected chi connectivity index (χ3v) is 8.45. The first-order valence-corrected chi connectivity index (χ1v) is 13.1. The van der Waals surface area contributed by atoms with E-state index in [0.29, 0.717) is 5.75 Å². The molecule has 4 aromatic carbocycles. The van der Waals surface area contributed by atoms with Crippen LogP contribution in [0.4, 0.5) is 40.6 Å². The number of rotatable bonds is 6. The number of hydrogen-bond acceptors (Lipinski definition) is 2. The van der Waals surface area contributed by atoms with Crippen molar-refractivity contribution in [1.82, 2.24) is 0 Å². The Morgan fingerprint density at radius 3 is 1.36 bits per heavy atom. The van der Waals surface area contributed by atoms with Crippen molar-refractivity contribution in [3.05, 3.63) is 120 Å². The summed E-state index contributed by atoms with van der Waals surface area (Å²) in [5.41, 5.74) is -0.505. The summed E-state index contributed by atoms with van der Waals surface area (Å²) < 4.78 is 112. The van der Waals surface area contributed by atoms with Crippen LogP contribution < -0.4 is 10.4 Å². The number of halogens is 8. The number of benzene rings is 4. The zero-order valence-corrected chi connectivity index (χ0v) is 21.5. The van der Waals surface area contributed by atoms with Crippen LogP contribution in [0.15, 0.2) is 94.7 Å². The van der Waals surface area contributed by atoms with Crippen molar-refractivity contribution in [3.63, 3.8) is 0 Å². The maximum atomic E-state index is 14.0. The Morgan fingerprint density at radius 2 is 1.00 bits per heavy atom. The van der Waals surface area contributed by atoms with Gasteiger partial charge in [-0.3, -0.25) is 0 Å². The highest BCUT2D eigenvalue weighted by molar-refractivity contribution is 8.02. The molecule has 0 amide bonds. The zero-order valence-electron chi connectivity index (χ0n) is 20.7. The van der Waals surface area contributed by atoms with E-state index in [-0.39, 0.29) is 0 Å². The molecular weight excluding hydrogens is 549 g/mol. The first-order valence-electron chi connectivity index (χ1n) is 11.4. The Bertz CT molecular complexity index is 1390.